The summed E-state index contributed by atoms with van der Waals surface area (Å²) in [5.41, 5.74) is 4.51. The molecular weight excluding hydrogens is 250 g/mol. The molecule has 1 atom stereocenters. The molecule has 1 N–H and O–H groups in total. The number of nitrogens with one attached hydrogen (secondary N) is 1. The molecule has 0 aliphatic rings. The topological polar surface area (TPSA) is 46.2 Å². The molecule has 0 aromatic heterocycles. The Kier molecular flexibility index (Phi) is 6.48. The van der Waals surface area contributed by atoms with Gasteiger partial charge in [0.1, 0.15) is 5.78 Å². The van der Waals surface area contributed by atoms with Crippen LogP contribution in [-0.2, 0) is 16.0 Å². The highest BCUT2D eigenvalue weighted by atomic mass is 16.1. The molecule has 1 amide bonds. The van der Waals surface area contributed by atoms with Crippen molar-refractivity contribution in [2.24, 2.45) is 5.92 Å². The van der Waals surface area contributed by atoms with Crippen LogP contribution in [0.2, 0.25) is 0 Å². The number of hydrogen-bond donors (Lipinski definition) is 1. The van der Waals surface area contributed by atoms with E-state index in [1.54, 1.807) is 13.0 Å². The second-order valence-electron chi connectivity index (χ2n) is 4.91. The summed E-state index contributed by atoms with van der Waals surface area (Å²) in [6, 6.07) is 7.62. The number of carbonyl (C=O) groups excluding carboxylic acids is 2. The zero-order valence-corrected chi connectivity index (χ0v) is 12.1. The van der Waals surface area contributed by atoms with Crippen molar-refractivity contribution in [2.75, 3.05) is 5.32 Å². The van der Waals surface area contributed by atoms with Gasteiger partial charge in [-0.15, -0.1) is 5.73 Å². The third-order valence-electron chi connectivity index (χ3n) is 3.13. The van der Waals surface area contributed by atoms with Crippen LogP contribution in [0.1, 0.15) is 32.3 Å². The predicted molar refractivity (Wildman–Crippen MR) is 81.6 cm³/mol. The van der Waals surface area contributed by atoms with Crippen LogP contribution in [0.25, 0.3) is 0 Å². The number of amides is 1. The SMILES string of the molecule is C=C=CCCC(=O)Nc1ccc(C[C@H](C)C(C)=O)cc1. The molecular formula is C17H21NO2. The van der Waals surface area contributed by atoms with Gasteiger partial charge < -0.3 is 5.32 Å². The van der Waals surface area contributed by atoms with E-state index in [4.69, 9.17) is 0 Å². The number of Topliss-reactive ketones (excluding diaryl/α,β-unsaturated/α-hetero) is 1. The largest absolute Gasteiger partial charge is 0.326 e. The maximum absolute atomic E-state index is 11.6. The maximum atomic E-state index is 11.6. The number of allylic oxidation sites excluding steroid dienone is 1. The Bertz CT molecular complexity index is 510. The van der Waals surface area contributed by atoms with Crippen LogP contribution in [0, 0.1) is 5.92 Å². The van der Waals surface area contributed by atoms with Gasteiger partial charge in [0.25, 0.3) is 0 Å². The number of rotatable bonds is 7. The molecule has 0 spiro atoms. The lowest BCUT2D eigenvalue weighted by Gasteiger charge is -2.09. The first-order chi connectivity index (χ1) is 9.52. The van der Waals surface area contributed by atoms with E-state index in [9.17, 15) is 9.59 Å². The van der Waals surface area contributed by atoms with Crippen molar-refractivity contribution in [3.8, 4) is 0 Å². The van der Waals surface area contributed by atoms with Crippen LogP contribution in [0.5, 0.6) is 0 Å². The minimum atomic E-state index is -0.0265. The van der Waals surface area contributed by atoms with Crippen LogP contribution in [-0.4, -0.2) is 11.7 Å². The molecule has 1 aromatic carbocycles. The highest BCUT2D eigenvalue weighted by molar-refractivity contribution is 5.90. The molecule has 1 aromatic rings. The van der Waals surface area contributed by atoms with Gasteiger partial charge in [-0.3, -0.25) is 9.59 Å². The number of ketones is 1. The average Bonchev–Trinajstić information content (AvgIpc) is 2.41. The van der Waals surface area contributed by atoms with Crippen molar-refractivity contribution in [1.29, 1.82) is 0 Å². The van der Waals surface area contributed by atoms with Crippen molar-refractivity contribution in [3.63, 3.8) is 0 Å². The number of benzene rings is 1. The molecule has 0 fully saturated rings. The summed E-state index contributed by atoms with van der Waals surface area (Å²) in [5, 5.41) is 2.83. The first-order valence-corrected chi connectivity index (χ1v) is 6.76. The van der Waals surface area contributed by atoms with E-state index in [0.29, 0.717) is 12.8 Å². The summed E-state index contributed by atoms with van der Waals surface area (Å²) in [7, 11) is 0. The Balaban J connectivity index is 2.52. The lowest BCUT2D eigenvalue weighted by atomic mass is 9.98. The third-order valence-corrected chi connectivity index (χ3v) is 3.13. The first kappa shape index (κ1) is 15.9. The van der Waals surface area contributed by atoms with E-state index in [1.807, 2.05) is 31.2 Å². The van der Waals surface area contributed by atoms with Gasteiger partial charge in [-0.1, -0.05) is 25.6 Å². The highest BCUT2D eigenvalue weighted by Gasteiger charge is 2.08. The Morgan fingerprint density at radius 3 is 2.55 bits per heavy atom. The molecule has 0 aliphatic carbocycles. The molecule has 0 aliphatic heterocycles. The van der Waals surface area contributed by atoms with Gasteiger partial charge in [-0.2, -0.15) is 0 Å². The first-order valence-electron chi connectivity index (χ1n) is 6.76. The van der Waals surface area contributed by atoms with Crippen LogP contribution in [0.15, 0.2) is 42.7 Å². The van der Waals surface area contributed by atoms with E-state index in [1.165, 1.54) is 0 Å². The molecule has 0 radical (unpaired) electrons. The summed E-state index contributed by atoms with van der Waals surface area (Å²) < 4.78 is 0. The van der Waals surface area contributed by atoms with Crippen molar-refractivity contribution in [1.82, 2.24) is 0 Å². The van der Waals surface area contributed by atoms with Gasteiger partial charge in [0, 0.05) is 18.0 Å². The van der Waals surface area contributed by atoms with Crippen molar-refractivity contribution in [3.05, 3.63) is 48.2 Å². The fraction of sp³-hybridized carbons (Fsp3) is 0.353. The quantitative estimate of drug-likeness (QED) is 0.771. The van der Waals surface area contributed by atoms with Gasteiger partial charge in [-0.25, -0.2) is 0 Å². The molecule has 3 nitrogen and oxygen atoms in total. The smallest absolute Gasteiger partial charge is 0.224 e. The van der Waals surface area contributed by atoms with Crippen LogP contribution in [0.4, 0.5) is 5.69 Å². The van der Waals surface area contributed by atoms with E-state index in [2.05, 4.69) is 17.6 Å². The van der Waals surface area contributed by atoms with Gasteiger partial charge in [0.05, 0.1) is 0 Å². The molecule has 20 heavy (non-hydrogen) atoms. The monoisotopic (exact) mass is 271 g/mol. The predicted octanol–water partition coefficient (Wildman–Crippen LogP) is 3.51. The zero-order valence-electron chi connectivity index (χ0n) is 12.1. The Morgan fingerprint density at radius 2 is 2.00 bits per heavy atom. The van der Waals surface area contributed by atoms with Gasteiger partial charge in [0.15, 0.2) is 0 Å². The van der Waals surface area contributed by atoms with E-state index >= 15 is 0 Å². The van der Waals surface area contributed by atoms with Crippen LogP contribution < -0.4 is 5.32 Å². The standard InChI is InChI=1S/C17H21NO2/c1-4-5-6-7-17(20)18-16-10-8-15(9-11-16)12-13(2)14(3)19/h5,8-11,13H,1,6-7,12H2,2-3H3,(H,18,20)/t13-/m0/s1. The number of hydrogen-bond acceptors (Lipinski definition) is 2. The second kappa shape index (κ2) is 8.13. The number of anilines is 1. The summed E-state index contributed by atoms with van der Waals surface area (Å²) in [4.78, 5) is 22.8. The van der Waals surface area contributed by atoms with Crippen LogP contribution >= 0.6 is 0 Å². The minimum Gasteiger partial charge on any atom is -0.326 e. The minimum absolute atomic E-state index is 0.0265. The summed E-state index contributed by atoms with van der Waals surface area (Å²) >= 11 is 0. The lowest BCUT2D eigenvalue weighted by molar-refractivity contribution is -0.120. The average molecular weight is 271 g/mol. The summed E-state index contributed by atoms with van der Waals surface area (Å²) in [5.74, 6) is 0.195. The molecule has 0 saturated carbocycles. The van der Waals surface area contributed by atoms with E-state index < -0.39 is 0 Å². The summed E-state index contributed by atoms with van der Waals surface area (Å²) in [6.07, 6.45) is 3.54. The third kappa shape index (κ3) is 5.68. The van der Waals surface area contributed by atoms with Crippen LogP contribution in [0.3, 0.4) is 0 Å². The Morgan fingerprint density at radius 1 is 1.35 bits per heavy atom. The van der Waals surface area contributed by atoms with Gasteiger partial charge in [0.2, 0.25) is 5.91 Å². The fourth-order valence-corrected chi connectivity index (χ4v) is 1.75. The molecule has 0 unspecified atom stereocenters. The zero-order chi connectivity index (χ0) is 15.0. The Hall–Kier alpha value is -2.12. The molecule has 0 bridgehead atoms. The van der Waals surface area contributed by atoms with Crippen molar-refractivity contribution in [2.45, 2.75) is 33.1 Å². The molecule has 0 saturated heterocycles. The molecule has 3 heteroatoms. The van der Waals surface area contributed by atoms with Gasteiger partial charge in [-0.05, 0) is 43.5 Å². The number of carbonyl (C=O) groups is 2. The fourth-order valence-electron chi connectivity index (χ4n) is 1.75. The maximum Gasteiger partial charge on any atom is 0.224 e. The molecule has 1 rings (SSSR count). The lowest BCUT2D eigenvalue weighted by Crippen LogP contribution is -2.11. The summed E-state index contributed by atoms with van der Waals surface area (Å²) in [6.45, 7) is 6.98. The van der Waals surface area contributed by atoms with E-state index in [0.717, 1.165) is 17.7 Å². The van der Waals surface area contributed by atoms with Crippen molar-refractivity contribution >= 4 is 17.4 Å². The highest BCUT2D eigenvalue weighted by Crippen LogP contribution is 2.14. The van der Waals surface area contributed by atoms with Crippen molar-refractivity contribution < 1.29 is 9.59 Å². The van der Waals surface area contributed by atoms with E-state index in [-0.39, 0.29) is 17.6 Å². The molecule has 0 heterocycles. The molecule has 106 valence electrons. The normalized spacial score (nSPS) is 11.3. The second-order valence-corrected chi connectivity index (χ2v) is 4.91. The van der Waals surface area contributed by atoms with Gasteiger partial charge >= 0.3 is 0 Å². The Labute approximate surface area is 120 Å².